The molecule has 1 aromatic rings. The van der Waals surface area contributed by atoms with Crippen molar-refractivity contribution in [1.82, 2.24) is 13.6 Å². The Morgan fingerprint density at radius 2 is 2.35 bits per heavy atom. The molecular weight excluding hydrogens is 290 g/mol. The molecule has 0 radical (unpaired) electrons. The first-order valence-electron chi connectivity index (χ1n) is 7.69. The Morgan fingerprint density at radius 1 is 1.40 bits per heavy atom. The van der Waals surface area contributed by atoms with E-state index in [-0.39, 0.29) is 0 Å². The van der Waals surface area contributed by atoms with E-state index in [9.17, 15) is 0 Å². The van der Waals surface area contributed by atoms with E-state index in [1.807, 2.05) is 0 Å². The number of fused-ring (bicyclic) bond motifs is 2. The van der Waals surface area contributed by atoms with E-state index in [0.717, 1.165) is 29.1 Å². The predicted molar refractivity (Wildman–Crippen MR) is 83.7 cm³/mol. The van der Waals surface area contributed by atoms with Crippen LogP contribution in [0.25, 0.3) is 0 Å². The van der Waals surface area contributed by atoms with E-state index in [1.165, 1.54) is 56.9 Å². The van der Waals surface area contributed by atoms with Crippen LogP contribution in [-0.2, 0) is 0 Å². The third-order valence-corrected chi connectivity index (χ3v) is 5.77. The van der Waals surface area contributed by atoms with E-state index in [1.54, 1.807) is 11.8 Å². The molecule has 2 saturated heterocycles. The lowest BCUT2D eigenvalue weighted by atomic mass is 9.88. The van der Waals surface area contributed by atoms with Crippen molar-refractivity contribution in [3.63, 3.8) is 0 Å². The van der Waals surface area contributed by atoms with Crippen LogP contribution in [0.1, 0.15) is 39.0 Å². The van der Waals surface area contributed by atoms with Gasteiger partial charge in [-0.05, 0) is 43.9 Å². The number of ether oxygens (including phenoxy) is 1. The number of nitrogens with zero attached hydrogens (tertiary/aromatic N) is 3. The second kappa shape index (κ2) is 7.09. The van der Waals surface area contributed by atoms with E-state index in [0.29, 0.717) is 6.10 Å². The quantitative estimate of drug-likeness (QED) is 0.595. The maximum absolute atomic E-state index is 6.17. The highest BCUT2D eigenvalue weighted by Gasteiger charge is 2.32. The molecule has 3 heterocycles. The normalized spacial score (nSPS) is 29.4. The van der Waals surface area contributed by atoms with E-state index in [4.69, 9.17) is 4.74 Å². The largest absolute Gasteiger partial charge is 0.470 e. The summed E-state index contributed by atoms with van der Waals surface area (Å²) < 4.78 is 14.9. The molecule has 3 unspecified atom stereocenters. The third kappa shape index (κ3) is 3.65. The molecule has 0 amide bonds. The first-order chi connectivity index (χ1) is 9.85. The van der Waals surface area contributed by atoms with Crippen LogP contribution in [0.3, 0.4) is 0 Å². The van der Waals surface area contributed by atoms with Crippen molar-refractivity contribution in [2.75, 3.05) is 25.4 Å². The molecule has 2 bridgehead atoms. The lowest BCUT2D eigenvalue weighted by Gasteiger charge is -2.41. The smallest absolute Gasteiger partial charge is 0.260 e. The van der Waals surface area contributed by atoms with Crippen molar-refractivity contribution in [2.24, 2.45) is 5.92 Å². The lowest BCUT2D eigenvalue weighted by molar-refractivity contribution is 0.0264. The third-order valence-electron chi connectivity index (χ3n) is 4.11. The van der Waals surface area contributed by atoms with E-state index < -0.39 is 0 Å². The van der Waals surface area contributed by atoms with Gasteiger partial charge in [-0.3, -0.25) is 4.90 Å². The van der Waals surface area contributed by atoms with Crippen LogP contribution in [-0.4, -0.2) is 45.1 Å². The van der Waals surface area contributed by atoms with Gasteiger partial charge < -0.3 is 4.74 Å². The Bertz CT molecular complexity index is 414. The maximum Gasteiger partial charge on any atom is 0.260 e. The maximum atomic E-state index is 6.17. The average molecular weight is 313 g/mol. The summed E-state index contributed by atoms with van der Waals surface area (Å²) in [7, 11) is 0. The lowest BCUT2D eigenvalue weighted by Crippen LogP contribution is -2.48. The van der Waals surface area contributed by atoms with Gasteiger partial charge in [-0.25, -0.2) is 0 Å². The average Bonchev–Trinajstić information content (AvgIpc) is 2.86. The summed E-state index contributed by atoms with van der Waals surface area (Å²) in [6, 6.07) is 0. The van der Waals surface area contributed by atoms with Gasteiger partial charge in [-0.1, -0.05) is 25.1 Å². The van der Waals surface area contributed by atoms with Crippen LogP contribution >= 0.6 is 23.5 Å². The van der Waals surface area contributed by atoms with Crippen molar-refractivity contribution in [1.29, 1.82) is 0 Å². The number of rotatable bonds is 6. The molecule has 0 saturated carbocycles. The Morgan fingerprint density at radius 3 is 3.20 bits per heavy atom. The van der Waals surface area contributed by atoms with Crippen LogP contribution in [0, 0.1) is 5.92 Å². The minimum atomic E-state index is 0.309. The summed E-state index contributed by atoms with van der Waals surface area (Å²) >= 11 is 3.06. The standard InChI is InChI=1S/C14H23N3OS2/c1-2-3-7-19-14-13(15-20-16-14)18-12-8-11-5-4-6-17(9-11)10-12/h11-12H,2-10H2,1H3. The number of aromatic nitrogens is 2. The van der Waals surface area contributed by atoms with Gasteiger partial charge in [0.2, 0.25) is 0 Å². The number of hydrogen-bond acceptors (Lipinski definition) is 6. The zero-order valence-electron chi connectivity index (χ0n) is 12.1. The Hall–Kier alpha value is -0.330. The number of hydrogen-bond donors (Lipinski definition) is 0. The van der Waals surface area contributed by atoms with Crippen molar-refractivity contribution < 1.29 is 4.74 Å². The molecule has 20 heavy (non-hydrogen) atoms. The topological polar surface area (TPSA) is 38.3 Å². The van der Waals surface area contributed by atoms with E-state index >= 15 is 0 Å². The Kier molecular flexibility index (Phi) is 5.18. The molecule has 2 aliphatic rings. The summed E-state index contributed by atoms with van der Waals surface area (Å²) in [5.41, 5.74) is 0. The minimum Gasteiger partial charge on any atom is -0.470 e. The molecule has 0 aromatic carbocycles. The van der Waals surface area contributed by atoms with Crippen molar-refractivity contribution >= 4 is 23.5 Å². The Labute approximate surface area is 129 Å². The van der Waals surface area contributed by atoms with Crippen LogP contribution < -0.4 is 4.74 Å². The SMILES string of the molecule is CCCCSc1nsnc1OC1CC2CCCN(C2)C1. The zero-order valence-corrected chi connectivity index (χ0v) is 13.7. The molecular formula is C14H23N3OS2. The van der Waals surface area contributed by atoms with Crippen LogP contribution in [0.2, 0.25) is 0 Å². The molecule has 2 fully saturated rings. The second-order valence-corrected chi connectivity index (χ2v) is 7.43. The fraction of sp³-hybridized carbons (Fsp3) is 0.857. The minimum absolute atomic E-state index is 0.309. The number of piperidine rings is 2. The molecule has 1 aromatic heterocycles. The molecule has 0 aliphatic carbocycles. The molecule has 2 aliphatic heterocycles. The summed E-state index contributed by atoms with van der Waals surface area (Å²) in [5.74, 6) is 2.71. The fourth-order valence-electron chi connectivity index (χ4n) is 3.13. The van der Waals surface area contributed by atoms with Crippen molar-refractivity contribution in [3.05, 3.63) is 0 Å². The van der Waals surface area contributed by atoms with Gasteiger partial charge in [0.15, 0.2) is 5.03 Å². The summed E-state index contributed by atoms with van der Waals surface area (Å²) in [6.07, 6.45) is 6.66. The molecule has 4 nitrogen and oxygen atoms in total. The molecule has 3 atom stereocenters. The van der Waals surface area contributed by atoms with Gasteiger partial charge in [-0.2, -0.15) is 4.37 Å². The number of unbranched alkanes of at least 4 members (excludes halogenated alkanes) is 1. The van der Waals surface area contributed by atoms with Gasteiger partial charge in [0.25, 0.3) is 5.88 Å². The van der Waals surface area contributed by atoms with Gasteiger partial charge >= 0.3 is 0 Å². The predicted octanol–water partition coefficient (Wildman–Crippen LogP) is 3.29. The second-order valence-electron chi connectivity index (χ2n) is 5.82. The summed E-state index contributed by atoms with van der Waals surface area (Å²) in [4.78, 5) is 2.55. The highest BCUT2D eigenvalue weighted by atomic mass is 32.2. The van der Waals surface area contributed by atoms with Crippen LogP contribution in [0.5, 0.6) is 5.88 Å². The van der Waals surface area contributed by atoms with Gasteiger partial charge in [0, 0.05) is 13.1 Å². The highest BCUT2D eigenvalue weighted by Crippen LogP contribution is 2.32. The molecule has 0 spiro atoms. The monoisotopic (exact) mass is 313 g/mol. The Balaban J connectivity index is 1.56. The molecule has 3 rings (SSSR count). The van der Waals surface area contributed by atoms with Crippen molar-refractivity contribution in [3.8, 4) is 5.88 Å². The first kappa shape index (κ1) is 14.6. The first-order valence-corrected chi connectivity index (χ1v) is 9.41. The molecule has 0 N–H and O–H groups in total. The van der Waals surface area contributed by atoms with Crippen molar-refractivity contribution in [2.45, 2.75) is 50.2 Å². The number of thioether (sulfide) groups is 1. The highest BCUT2D eigenvalue weighted by molar-refractivity contribution is 7.99. The summed E-state index contributed by atoms with van der Waals surface area (Å²) in [5, 5.41) is 0.995. The van der Waals surface area contributed by atoms with Crippen LogP contribution in [0.4, 0.5) is 0 Å². The van der Waals surface area contributed by atoms with Crippen LogP contribution in [0.15, 0.2) is 5.03 Å². The van der Waals surface area contributed by atoms with Gasteiger partial charge in [-0.15, -0.1) is 4.37 Å². The summed E-state index contributed by atoms with van der Waals surface area (Å²) in [6.45, 7) is 5.79. The molecule has 6 heteroatoms. The zero-order chi connectivity index (χ0) is 13.8. The fourth-order valence-corrected chi connectivity index (χ4v) is 4.74. The van der Waals surface area contributed by atoms with Gasteiger partial charge in [0.1, 0.15) is 6.10 Å². The van der Waals surface area contributed by atoms with E-state index in [2.05, 4.69) is 20.6 Å². The van der Waals surface area contributed by atoms with Gasteiger partial charge in [0.05, 0.1) is 11.7 Å². The molecule has 112 valence electrons.